The normalized spacial score (nSPS) is 18.6. The van der Waals surface area contributed by atoms with Crippen molar-refractivity contribution >= 4 is 22.8 Å². The minimum absolute atomic E-state index is 0.183. The molecule has 134 valence electrons. The van der Waals surface area contributed by atoms with Crippen LogP contribution in [-0.2, 0) is 18.0 Å². The van der Waals surface area contributed by atoms with Crippen molar-refractivity contribution in [2.75, 3.05) is 6.54 Å². The number of hydrogen-bond donors (Lipinski definition) is 1. The monoisotopic (exact) mass is 354 g/mol. The van der Waals surface area contributed by atoms with Crippen LogP contribution in [-0.4, -0.2) is 39.0 Å². The molecule has 1 atom stereocenters. The molecular formula is C17H17F3N2O3. The van der Waals surface area contributed by atoms with E-state index in [-0.39, 0.29) is 5.69 Å². The number of alkyl halides is 3. The van der Waals surface area contributed by atoms with Crippen LogP contribution in [0.5, 0.6) is 0 Å². The first-order valence-corrected chi connectivity index (χ1v) is 7.90. The predicted molar refractivity (Wildman–Crippen MR) is 84.2 cm³/mol. The molecule has 2 aromatic rings. The third kappa shape index (κ3) is 3.08. The van der Waals surface area contributed by atoms with Crippen LogP contribution in [0.4, 0.5) is 13.2 Å². The summed E-state index contributed by atoms with van der Waals surface area (Å²) in [5.74, 6) is -1.54. The molecule has 1 N–H and O–H groups in total. The van der Waals surface area contributed by atoms with Crippen molar-refractivity contribution in [1.82, 2.24) is 9.47 Å². The van der Waals surface area contributed by atoms with Crippen molar-refractivity contribution in [3.05, 3.63) is 35.5 Å². The third-order valence-corrected chi connectivity index (χ3v) is 4.64. The van der Waals surface area contributed by atoms with E-state index in [0.717, 1.165) is 18.6 Å². The highest BCUT2D eigenvalue weighted by Crippen LogP contribution is 2.32. The summed E-state index contributed by atoms with van der Waals surface area (Å²) >= 11 is 0. The average Bonchev–Trinajstić information content (AvgIpc) is 2.90. The lowest BCUT2D eigenvalue weighted by Crippen LogP contribution is -2.48. The molecule has 8 heteroatoms. The molecule has 0 radical (unpaired) electrons. The first-order valence-electron chi connectivity index (χ1n) is 7.90. The van der Waals surface area contributed by atoms with Gasteiger partial charge < -0.3 is 14.6 Å². The summed E-state index contributed by atoms with van der Waals surface area (Å²) in [7, 11) is 1.59. The lowest BCUT2D eigenvalue weighted by Gasteiger charge is -2.33. The number of aliphatic carboxylic acids is 1. The number of benzene rings is 1. The number of aromatic nitrogens is 1. The van der Waals surface area contributed by atoms with Gasteiger partial charge in [-0.25, -0.2) is 4.79 Å². The van der Waals surface area contributed by atoms with Crippen LogP contribution in [0.1, 0.15) is 35.3 Å². The van der Waals surface area contributed by atoms with Gasteiger partial charge in [0.15, 0.2) is 0 Å². The SMILES string of the molecule is Cn1c(C(=O)N2CCCC[C@@H]2C(=O)O)cc2cc(C(F)(F)F)ccc21. The Labute approximate surface area is 141 Å². The largest absolute Gasteiger partial charge is 0.480 e. The average molecular weight is 354 g/mol. The van der Waals surface area contributed by atoms with Gasteiger partial charge in [0, 0.05) is 24.5 Å². The number of piperidine rings is 1. The number of halogens is 3. The van der Waals surface area contributed by atoms with Gasteiger partial charge >= 0.3 is 12.1 Å². The van der Waals surface area contributed by atoms with Crippen molar-refractivity contribution in [2.24, 2.45) is 7.05 Å². The number of hydrogen-bond acceptors (Lipinski definition) is 2. The number of aryl methyl sites for hydroxylation is 1. The maximum absolute atomic E-state index is 12.9. The number of carboxylic acid groups (broad SMARTS) is 1. The second-order valence-electron chi connectivity index (χ2n) is 6.21. The molecule has 5 nitrogen and oxygen atoms in total. The number of carbonyl (C=O) groups excluding carboxylic acids is 1. The van der Waals surface area contributed by atoms with Crippen molar-refractivity contribution < 1.29 is 27.9 Å². The maximum atomic E-state index is 12.9. The van der Waals surface area contributed by atoms with Crippen LogP contribution in [0.3, 0.4) is 0 Å². The number of amides is 1. The van der Waals surface area contributed by atoms with E-state index in [1.165, 1.54) is 21.6 Å². The van der Waals surface area contributed by atoms with E-state index in [4.69, 9.17) is 0 Å². The van der Waals surface area contributed by atoms with Gasteiger partial charge in [0.2, 0.25) is 0 Å². The molecule has 1 aromatic carbocycles. The molecule has 25 heavy (non-hydrogen) atoms. The Kier molecular flexibility index (Phi) is 4.22. The molecule has 2 heterocycles. The summed E-state index contributed by atoms with van der Waals surface area (Å²) in [6, 6.07) is 3.78. The van der Waals surface area contributed by atoms with Crippen molar-refractivity contribution in [2.45, 2.75) is 31.5 Å². The Balaban J connectivity index is 2.01. The van der Waals surface area contributed by atoms with Gasteiger partial charge in [0.1, 0.15) is 11.7 Å². The summed E-state index contributed by atoms with van der Waals surface area (Å²) in [5, 5.41) is 9.61. The lowest BCUT2D eigenvalue weighted by atomic mass is 10.0. The smallest absolute Gasteiger partial charge is 0.416 e. The van der Waals surface area contributed by atoms with Crippen LogP contribution in [0, 0.1) is 0 Å². The standard InChI is InChI=1S/C17H17F3N2O3/c1-21-12-6-5-11(17(18,19)20)8-10(12)9-14(21)15(23)22-7-3-2-4-13(22)16(24)25/h5-6,8-9,13H,2-4,7H2,1H3,(H,24,25)/t13-/m1/s1. The topological polar surface area (TPSA) is 62.5 Å². The molecule has 0 saturated carbocycles. The molecule has 1 aliphatic rings. The van der Waals surface area contributed by atoms with E-state index in [0.29, 0.717) is 30.3 Å². The molecule has 1 aliphatic heterocycles. The van der Waals surface area contributed by atoms with E-state index in [1.807, 2.05) is 0 Å². The second-order valence-corrected chi connectivity index (χ2v) is 6.21. The molecule has 1 fully saturated rings. The minimum atomic E-state index is -4.46. The van der Waals surface area contributed by atoms with Crippen LogP contribution < -0.4 is 0 Å². The van der Waals surface area contributed by atoms with E-state index >= 15 is 0 Å². The Hall–Kier alpha value is -2.51. The molecular weight excluding hydrogens is 337 g/mol. The van der Waals surface area contributed by atoms with Crippen molar-refractivity contribution in [3.8, 4) is 0 Å². The van der Waals surface area contributed by atoms with Gasteiger partial charge in [-0.2, -0.15) is 13.2 Å². The van der Waals surface area contributed by atoms with Crippen LogP contribution in [0.2, 0.25) is 0 Å². The zero-order chi connectivity index (χ0) is 18.4. The Morgan fingerprint density at radius 2 is 1.92 bits per heavy atom. The number of rotatable bonds is 2. The highest BCUT2D eigenvalue weighted by molar-refractivity contribution is 6.00. The quantitative estimate of drug-likeness (QED) is 0.900. The molecule has 0 spiro atoms. The number of carbonyl (C=O) groups is 2. The van der Waals surface area contributed by atoms with Crippen LogP contribution >= 0.6 is 0 Å². The fraction of sp³-hybridized carbons (Fsp3) is 0.412. The summed E-state index contributed by atoms with van der Waals surface area (Å²) in [4.78, 5) is 25.5. The van der Waals surface area contributed by atoms with Crippen molar-refractivity contribution in [3.63, 3.8) is 0 Å². The van der Waals surface area contributed by atoms with Gasteiger partial charge in [-0.3, -0.25) is 4.79 Å². The van der Waals surface area contributed by atoms with Crippen molar-refractivity contribution in [1.29, 1.82) is 0 Å². The van der Waals surface area contributed by atoms with E-state index in [1.54, 1.807) is 7.05 Å². The number of nitrogens with zero attached hydrogens (tertiary/aromatic N) is 2. The summed E-state index contributed by atoms with van der Waals surface area (Å²) in [6.45, 7) is 0.325. The first-order chi connectivity index (χ1) is 11.7. The molecule has 1 amide bonds. The first kappa shape index (κ1) is 17.3. The highest BCUT2D eigenvalue weighted by atomic mass is 19.4. The maximum Gasteiger partial charge on any atom is 0.416 e. The van der Waals surface area contributed by atoms with E-state index in [2.05, 4.69) is 0 Å². The Morgan fingerprint density at radius 1 is 1.20 bits per heavy atom. The minimum Gasteiger partial charge on any atom is -0.480 e. The van der Waals surface area contributed by atoms with Gasteiger partial charge in [-0.05, 0) is 43.5 Å². The predicted octanol–water partition coefficient (Wildman–Crippen LogP) is 3.28. The van der Waals surface area contributed by atoms with Gasteiger partial charge in [-0.1, -0.05) is 0 Å². The highest BCUT2D eigenvalue weighted by Gasteiger charge is 2.34. The second kappa shape index (κ2) is 6.09. The Morgan fingerprint density at radius 3 is 2.56 bits per heavy atom. The molecule has 1 saturated heterocycles. The molecule has 3 rings (SSSR count). The van der Waals surface area contributed by atoms with Gasteiger partial charge in [0.05, 0.1) is 5.56 Å². The zero-order valence-corrected chi connectivity index (χ0v) is 13.5. The van der Waals surface area contributed by atoms with Gasteiger partial charge in [0.25, 0.3) is 5.91 Å². The van der Waals surface area contributed by atoms with Crippen LogP contribution in [0.25, 0.3) is 10.9 Å². The Bertz CT molecular complexity index is 842. The molecule has 0 unspecified atom stereocenters. The summed E-state index contributed by atoms with van der Waals surface area (Å²) in [5.41, 5.74) is -0.117. The number of fused-ring (bicyclic) bond motifs is 1. The van der Waals surface area contributed by atoms with Crippen LogP contribution in [0.15, 0.2) is 24.3 Å². The molecule has 0 aliphatic carbocycles. The zero-order valence-electron chi connectivity index (χ0n) is 13.5. The van der Waals surface area contributed by atoms with Gasteiger partial charge in [-0.15, -0.1) is 0 Å². The summed E-state index contributed by atoms with van der Waals surface area (Å²) in [6.07, 6.45) is -2.65. The van der Waals surface area contributed by atoms with E-state index in [9.17, 15) is 27.9 Å². The third-order valence-electron chi connectivity index (χ3n) is 4.64. The lowest BCUT2D eigenvalue weighted by molar-refractivity contribution is -0.143. The summed E-state index contributed by atoms with van der Waals surface area (Å²) < 4.78 is 40.1. The molecule has 0 bridgehead atoms. The fourth-order valence-corrected chi connectivity index (χ4v) is 3.31. The fourth-order valence-electron chi connectivity index (χ4n) is 3.31. The van der Waals surface area contributed by atoms with E-state index < -0.39 is 29.7 Å². The number of likely N-dealkylation sites (tertiary alicyclic amines) is 1. The molecule has 1 aromatic heterocycles. The number of carboxylic acids is 1.